The third kappa shape index (κ3) is 4.39. The van der Waals surface area contributed by atoms with Crippen LogP contribution in [0.4, 0.5) is 0 Å². The first-order valence-corrected chi connectivity index (χ1v) is 20.4. The van der Waals surface area contributed by atoms with Gasteiger partial charge in [-0.1, -0.05) is 0 Å². The van der Waals surface area contributed by atoms with E-state index in [9.17, 15) is 0 Å². The average Bonchev–Trinajstić information content (AvgIpc) is 3.88. The van der Waals surface area contributed by atoms with Gasteiger partial charge in [0.1, 0.15) is 0 Å². The molecule has 0 N–H and O–H groups in total. The third-order valence-corrected chi connectivity index (χ3v) is 14.0. The normalized spacial score (nSPS) is 11.8. The second kappa shape index (κ2) is 11.9. The number of fused-ring (bicyclic) bond motifs is 7. The van der Waals surface area contributed by atoms with E-state index in [4.69, 9.17) is 0 Å². The zero-order chi connectivity index (χ0) is 34.2. The molecular formula is C50H30SSe. The molecule has 0 atom stereocenters. The van der Waals surface area contributed by atoms with E-state index in [2.05, 4.69) is 181 Å². The molecule has 52 heavy (non-hydrogen) atoms. The van der Waals surface area contributed by atoms with Gasteiger partial charge in [0.15, 0.2) is 0 Å². The van der Waals surface area contributed by atoms with Gasteiger partial charge in [0.2, 0.25) is 0 Å². The molecule has 0 radical (unpaired) electrons. The quantitative estimate of drug-likeness (QED) is 0.124. The van der Waals surface area contributed by atoms with E-state index in [1.54, 1.807) is 0 Å². The molecule has 0 unspecified atom stereocenters. The van der Waals surface area contributed by atoms with Crippen molar-refractivity contribution in [2.75, 3.05) is 0 Å². The van der Waals surface area contributed by atoms with Crippen molar-refractivity contribution < 1.29 is 0 Å². The van der Waals surface area contributed by atoms with Gasteiger partial charge in [0.05, 0.1) is 0 Å². The van der Waals surface area contributed by atoms with Crippen LogP contribution in [0, 0.1) is 0 Å². The average molecular weight is 742 g/mol. The first kappa shape index (κ1) is 29.9. The van der Waals surface area contributed by atoms with Gasteiger partial charge < -0.3 is 0 Å². The Morgan fingerprint density at radius 2 is 0.712 bits per heavy atom. The molecule has 11 rings (SSSR count). The van der Waals surface area contributed by atoms with Gasteiger partial charge >= 0.3 is 313 Å². The van der Waals surface area contributed by atoms with Gasteiger partial charge in [-0.2, -0.15) is 0 Å². The van der Waals surface area contributed by atoms with Crippen LogP contribution in [0.3, 0.4) is 0 Å². The van der Waals surface area contributed by atoms with Crippen LogP contribution in [-0.4, -0.2) is 14.5 Å². The molecule has 11 aromatic rings. The van der Waals surface area contributed by atoms with E-state index < -0.39 is 0 Å². The summed E-state index contributed by atoms with van der Waals surface area (Å²) in [6, 6.07) is 65.6. The Bertz CT molecular complexity index is 3050. The van der Waals surface area contributed by atoms with Crippen LogP contribution in [0.25, 0.3) is 106 Å². The maximum atomic E-state index is 2.38. The number of rotatable bonds is 4. The fourth-order valence-electron chi connectivity index (χ4n) is 8.72. The molecule has 2 heteroatoms. The summed E-state index contributed by atoms with van der Waals surface area (Å²) in [6.07, 6.45) is 0. The first-order valence-electron chi connectivity index (χ1n) is 17.8. The van der Waals surface area contributed by atoms with E-state index in [1.165, 1.54) is 106 Å². The molecule has 0 saturated heterocycles. The topological polar surface area (TPSA) is 0 Å². The maximum absolute atomic E-state index is 2.38. The summed E-state index contributed by atoms with van der Waals surface area (Å²) in [5, 5.41) is 15.4. The van der Waals surface area contributed by atoms with Crippen molar-refractivity contribution in [2.45, 2.75) is 0 Å². The number of benzene rings is 9. The predicted molar refractivity (Wildman–Crippen MR) is 228 cm³/mol. The zero-order valence-corrected chi connectivity index (χ0v) is 30.7. The number of thiophene rings is 1. The van der Waals surface area contributed by atoms with E-state index in [0.29, 0.717) is 0 Å². The molecule has 0 bridgehead atoms. The van der Waals surface area contributed by atoms with Crippen molar-refractivity contribution in [3.8, 4) is 43.8 Å². The van der Waals surface area contributed by atoms with E-state index >= 15 is 0 Å². The Morgan fingerprint density at radius 3 is 1.13 bits per heavy atom. The van der Waals surface area contributed by atoms with Crippen LogP contribution in [0.15, 0.2) is 181 Å². The van der Waals surface area contributed by atoms with Crippen LogP contribution < -0.4 is 0 Å². The molecular weight excluding hydrogens is 712 g/mol. The predicted octanol–water partition coefficient (Wildman–Crippen LogP) is 14.4. The second-order valence-corrected chi connectivity index (χ2v) is 16.7. The molecule has 0 spiro atoms. The van der Waals surface area contributed by atoms with Gasteiger partial charge in [-0.25, -0.2) is 0 Å². The first-order chi connectivity index (χ1) is 25.8. The van der Waals surface area contributed by atoms with Crippen LogP contribution in [-0.2, 0) is 0 Å². The fourth-order valence-corrected chi connectivity index (χ4v) is 12.0. The summed E-state index contributed by atoms with van der Waals surface area (Å²) in [6.45, 7) is 0. The van der Waals surface area contributed by atoms with Crippen molar-refractivity contribution in [1.82, 2.24) is 0 Å². The van der Waals surface area contributed by atoms with E-state index in [0.717, 1.165) is 0 Å². The Kier molecular flexibility index (Phi) is 6.85. The fraction of sp³-hybridized carbons (Fsp3) is 0. The standard InChI is InChI=1S/C50H30SSe/c1-2-15-31(16-3-1)45-32-17-4-6-19-34(32)46(35-20-7-5-18-33(35)45)40-25-12-28-43-49(40)50-41(26-13-29-44(50)52-43)47-36-21-8-10-23-38(36)48(42-27-14-30-51-42)39-24-11-9-22-37(39)47/h1-30H. The molecule has 0 aliphatic rings. The monoisotopic (exact) mass is 742 g/mol. The van der Waals surface area contributed by atoms with Crippen LogP contribution >= 0.6 is 11.3 Å². The summed E-state index contributed by atoms with van der Waals surface area (Å²) < 4.78 is 2.91. The third-order valence-electron chi connectivity index (χ3n) is 10.8. The molecule has 9 aromatic carbocycles. The summed E-state index contributed by atoms with van der Waals surface area (Å²) in [5.41, 5.74) is 9.18. The van der Waals surface area contributed by atoms with Gasteiger partial charge in [0.25, 0.3) is 0 Å². The zero-order valence-electron chi connectivity index (χ0n) is 28.1. The molecule has 0 aliphatic heterocycles. The molecule has 2 aromatic heterocycles. The molecule has 0 fully saturated rings. The van der Waals surface area contributed by atoms with Gasteiger partial charge in [0, 0.05) is 0 Å². The van der Waals surface area contributed by atoms with Crippen molar-refractivity contribution in [2.24, 2.45) is 0 Å². The summed E-state index contributed by atoms with van der Waals surface area (Å²) in [4.78, 5) is 1.31. The Hall–Kier alpha value is -5.76. The molecule has 0 nitrogen and oxygen atoms in total. The Morgan fingerprint density at radius 1 is 0.308 bits per heavy atom. The Balaban J connectivity index is 1.30. The van der Waals surface area contributed by atoms with Gasteiger partial charge in [-0.15, -0.1) is 0 Å². The van der Waals surface area contributed by atoms with Crippen LogP contribution in [0.5, 0.6) is 0 Å². The van der Waals surface area contributed by atoms with Gasteiger partial charge in [-0.3, -0.25) is 0 Å². The van der Waals surface area contributed by atoms with Crippen molar-refractivity contribution >= 4 is 88.2 Å². The Labute approximate surface area is 311 Å². The van der Waals surface area contributed by atoms with E-state index in [-0.39, 0.29) is 14.5 Å². The van der Waals surface area contributed by atoms with Crippen LogP contribution in [0.2, 0.25) is 0 Å². The molecule has 0 amide bonds. The minimum absolute atomic E-state index is 0.189. The molecule has 2 heterocycles. The van der Waals surface area contributed by atoms with Gasteiger partial charge in [-0.05, 0) is 0 Å². The second-order valence-electron chi connectivity index (χ2n) is 13.5. The van der Waals surface area contributed by atoms with E-state index in [1.807, 2.05) is 11.3 Å². The molecule has 242 valence electrons. The molecule has 0 saturated carbocycles. The molecule has 0 aliphatic carbocycles. The summed E-state index contributed by atoms with van der Waals surface area (Å²) >= 11 is 2.01. The summed E-state index contributed by atoms with van der Waals surface area (Å²) in [5.74, 6) is 0. The van der Waals surface area contributed by atoms with Crippen molar-refractivity contribution in [3.63, 3.8) is 0 Å². The summed E-state index contributed by atoms with van der Waals surface area (Å²) in [7, 11) is 0. The SMILES string of the molecule is c1ccc(-c2c3ccccc3c(-c3cccc4[se]c5cccc(-c6c7ccccc7c(-c7cccs7)c7ccccc67)c5c34)c3ccccc23)cc1. The number of hydrogen-bond donors (Lipinski definition) is 0. The van der Waals surface area contributed by atoms with Crippen LogP contribution in [0.1, 0.15) is 0 Å². The number of hydrogen-bond acceptors (Lipinski definition) is 1. The van der Waals surface area contributed by atoms with Crippen molar-refractivity contribution in [3.05, 3.63) is 181 Å². The van der Waals surface area contributed by atoms with Crippen molar-refractivity contribution in [1.29, 1.82) is 0 Å². The minimum atomic E-state index is 0.189.